The molecule has 3 aliphatic rings. The number of nitrogens with one attached hydrogen (secondary N) is 1. The van der Waals surface area contributed by atoms with E-state index in [1.54, 1.807) is 14.2 Å². The van der Waals surface area contributed by atoms with Gasteiger partial charge >= 0.3 is 0 Å². The van der Waals surface area contributed by atoms with Crippen molar-refractivity contribution >= 4 is 23.2 Å². The van der Waals surface area contributed by atoms with E-state index in [1.807, 2.05) is 23.1 Å². The minimum atomic E-state index is -0.127. The minimum Gasteiger partial charge on any atom is -0.497 e. The summed E-state index contributed by atoms with van der Waals surface area (Å²) in [5.41, 5.74) is 1.02. The predicted molar refractivity (Wildman–Crippen MR) is 112 cm³/mol. The quantitative estimate of drug-likeness (QED) is 0.762. The third-order valence-electron chi connectivity index (χ3n) is 6.08. The van der Waals surface area contributed by atoms with E-state index in [0.717, 1.165) is 48.1 Å². The Morgan fingerprint density at radius 3 is 2.50 bits per heavy atom. The summed E-state index contributed by atoms with van der Waals surface area (Å²) in [7, 11) is 3.34. The molecule has 28 heavy (non-hydrogen) atoms. The first kappa shape index (κ1) is 19.3. The third-order valence-corrected chi connectivity index (χ3v) is 6.46. The van der Waals surface area contributed by atoms with E-state index in [0.29, 0.717) is 19.1 Å². The maximum atomic E-state index is 13.4. The Hall–Kier alpha value is -2.02. The van der Waals surface area contributed by atoms with E-state index >= 15 is 0 Å². The van der Waals surface area contributed by atoms with Crippen LogP contribution in [-0.4, -0.2) is 67.3 Å². The molecule has 4 rings (SSSR count). The van der Waals surface area contributed by atoms with Gasteiger partial charge in [0.2, 0.25) is 5.91 Å². The van der Waals surface area contributed by atoms with Gasteiger partial charge in [0, 0.05) is 43.7 Å². The van der Waals surface area contributed by atoms with Crippen LogP contribution in [0.5, 0.6) is 11.5 Å². The van der Waals surface area contributed by atoms with E-state index in [4.69, 9.17) is 21.7 Å². The van der Waals surface area contributed by atoms with E-state index in [-0.39, 0.29) is 17.7 Å². The van der Waals surface area contributed by atoms with E-state index in [9.17, 15) is 4.79 Å². The van der Waals surface area contributed by atoms with E-state index < -0.39 is 0 Å². The molecule has 0 radical (unpaired) electrons. The molecule has 152 valence electrons. The zero-order valence-electron chi connectivity index (χ0n) is 16.6. The first-order valence-electron chi connectivity index (χ1n) is 10.2. The number of benzene rings is 1. The number of hydrogen-bond acceptors (Lipinski definition) is 4. The molecule has 0 bridgehead atoms. The number of carbonyl (C=O) groups excluding carboxylic acids is 1. The molecule has 1 aromatic carbocycles. The molecule has 0 unspecified atom stereocenters. The first-order valence-corrected chi connectivity index (χ1v) is 10.6. The standard InChI is InChI=1S/C21H29N3O3S/c1-26-15-7-8-19(27-2)16(11-15)17-12-24(21(28)22-14-5-6-14)13-18(17)20(25)23-9-3-4-10-23/h7-8,11,14,17-18H,3-6,9-10,12-13H2,1-2H3,(H,22,28)/t17-,18-/m0/s1. The fourth-order valence-corrected chi connectivity index (χ4v) is 4.65. The number of rotatable bonds is 5. The minimum absolute atomic E-state index is 0.0251. The van der Waals surface area contributed by atoms with Gasteiger partial charge in [-0.25, -0.2) is 0 Å². The predicted octanol–water partition coefficient (Wildman–Crippen LogP) is 2.38. The lowest BCUT2D eigenvalue weighted by molar-refractivity contribution is -0.134. The summed E-state index contributed by atoms with van der Waals surface area (Å²) >= 11 is 5.65. The molecule has 2 atom stereocenters. The Balaban J connectivity index is 1.62. The lowest BCUT2D eigenvalue weighted by atomic mass is 9.87. The highest BCUT2D eigenvalue weighted by Crippen LogP contribution is 2.40. The lowest BCUT2D eigenvalue weighted by Crippen LogP contribution is -2.41. The van der Waals surface area contributed by atoms with Gasteiger partial charge in [0.05, 0.1) is 20.1 Å². The van der Waals surface area contributed by atoms with Crippen molar-refractivity contribution in [2.24, 2.45) is 5.92 Å². The van der Waals surface area contributed by atoms with Gasteiger partial charge in [-0.05, 0) is 56.1 Å². The zero-order chi connectivity index (χ0) is 19.7. The molecule has 1 saturated carbocycles. The average molecular weight is 404 g/mol. The van der Waals surface area contributed by atoms with Crippen LogP contribution in [0, 0.1) is 5.92 Å². The Kier molecular flexibility index (Phi) is 5.62. The van der Waals surface area contributed by atoms with E-state index in [2.05, 4.69) is 10.2 Å². The number of likely N-dealkylation sites (tertiary alicyclic amines) is 2. The summed E-state index contributed by atoms with van der Waals surface area (Å²) in [6.45, 7) is 3.09. The van der Waals surface area contributed by atoms with Crippen molar-refractivity contribution in [2.75, 3.05) is 40.4 Å². The molecular formula is C21H29N3O3S. The van der Waals surface area contributed by atoms with Gasteiger partial charge in [0.25, 0.3) is 0 Å². The first-order chi connectivity index (χ1) is 13.6. The van der Waals surface area contributed by atoms with Gasteiger partial charge in [-0.15, -0.1) is 0 Å². The summed E-state index contributed by atoms with van der Waals surface area (Å²) < 4.78 is 11.1. The number of nitrogens with zero attached hydrogens (tertiary/aromatic N) is 2. The van der Waals surface area contributed by atoms with Crippen molar-refractivity contribution < 1.29 is 14.3 Å². The summed E-state index contributed by atoms with van der Waals surface area (Å²) in [6.07, 6.45) is 4.54. The van der Waals surface area contributed by atoms with Crippen LogP contribution < -0.4 is 14.8 Å². The number of thiocarbonyl (C=S) groups is 1. The molecule has 7 heteroatoms. The Bertz CT molecular complexity index is 746. The van der Waals surface area contributed by atoms with Crippen LogP contribution in [-0.2, 0) is 4.79 Å². The fourth-order valence-electron chi connectivity index (χ4n) is 4.33. The van der Waals surface area contributed by atoms with Crippen molar-refractivity contribution in [1.82, 2.24) is 15.1 Å². The number of amides is 1. The van der Waals surface area contributed by atoms with Crippen molar-refractivity contribution in [2.45, 2.75) is 37.6 Å². The number of carbonyl (C=O) groups is 1. The third kappa shape index (κ3) is 3.90. The second kappa shape index (κ2) is 8.15. The lowest BCUT2D eigenvalue weighted by Gasteiger charge is -2.25. The van der Waals surface area contributed by atoms with Crippen molar-refractivity contribution in [3.05, 3.63) is 23.8 Å². The highest BCUT2D eigenvalue weighted by atomic mass is 32.1. The van der Waals surface area contributed by atoms with Crippen LogP contribution in [0.2, 0.25) is 0 Å². The molecule has 3 fully saturated rings. The summed E-state index contributed by atoms with van der Waals surface area (Å²) in [6, 6.07) is 6.33. The molecule has 2 heterocycles. The molecule has 1 aromatic rings. The summed E-state index contributed by atoms with van der Waals surface area (Å²) in [5, 5.41) is 4.19. The topological polar surface area (TPSA) is 54.0 Å². The molecule has 0 spiro atoms. The molecular weight excluding hydrogens is 374 g/mol. The van der Waals surface area contributed by atoms with Gasteiger partial charge in [-0.2, -0.15) is 0 Å². The SMILES string of the molecule is COc1ccc(OC)c([C@@H]2CN(C(=S)NC3CC3)C[C@@H]2C(=O)N2CCCC2)c1. The van der Waals surface area contributed by atoms with Crippen LogP contribution in [0.15, 0.2) is 18.2 Å². The zero-order valence-corrected chi connectivity index (χ0v) is 17.5. The summed E-state index contributed by atoms with van der Waals surface area (Å²) in [5.74, 6) is 1.72. The fraction of sp³-hybridized carbons (Fsp3) is 0.619. The number of ether oxygens (including phenoxy) is 2. The van der Waals surface area contributed by atoms with Crippen molar-refractivity contribution in [1.29, 1.82) is 0 Å². The monoisotopic (exact) mass is 403 g/mol. The molecule has 0 aromatic heterocycles. The van der Waals surface area contributed by atoms with Gasteiger partial charge in [-0.3, -0.25) is 4.79 Å². The molecule has 2 saturated heterocycles. The van der Waals surface area contributed by atoms with Crippen LogP contribution in [0.4, 0.5) is 0 Å². The van der Waals surface area contributed by atoms with Gasteiger partial charge in [-0.1, -0.05) is 0 Å². The van der Waals surface area contributed by atoms with Crippen LogP contribution in [0.25, 0.3) is 0 Å². The Labute approximate surface area is 172 Å². The normalized spacial score (nSPS) is 24.4. The van der Waals surface area contributed by atoms with Crippen molar-refractivity contribution in [3.8, 4) is 11.5 Å². The highest BCUT2D eigenvalue weighted by Gasteiger charge is 2.43. The smallest absolute Gasteiger partial charge is 0.228 e. The van der Waals surface area contributed by atoms with Gasteiger partial charge in [0.15, 0.2) is 5.11 Å². The molecule has 1 N–H and O–H groups in total. The van der Waals surface area contributed by atoms with Crippen LogP contribution in [0.3, 0.4) is 0 Å². The molecule has 2 aliphatic heterocycles. The Morgan fingerprint density at radius 1 is 1.11 bits per heavy atom. The van der Waals surface area contributed by atoms with E-state index in [1.165, 1.54) is 12.8 Å². The largest absolute Gasteiger partial charge is 0.497 e. The van der Waals surface area contributed by atoms with Crippen molar-refractivity contribution in [3.63, 3.8) is 0 Å². The molecule has 1 aliphatic carbocycles. The summed E-state index contributed by atoms with van der Waals surface area (Å²) in [4.78, 5) is 17.5. The van der Waals surface area contributed by atoms with Gasteiger partial charge in [0.1, 0.15) is 11.5 Å². The molecule has 1 amide bonds. The number of hydrogen-bond donors (Lipinski definition) is 1. The highest BCUT2D eigenvalue weighted by molar-refractivity contribution is 7.80. The maximum absolute atomic E-state index is 13.4. The van der Waals surface area contributed by atoms with Gasteiger partial charge < -0.3 is 24.6 Å². The molecule has 6 nitrogen and oxygen atoms in total. The Morgan fingerprint density at radius 2 is 1.86 bits per heavy atom. The van der Waals surface area contributed by atoms with Crippen LogP contribution in [0.1, 0.15) is 37.2 Å². The van der Waals surface area contributed by atoms with Crippen LogP contribution >= 0.6 is 12.2 Å². The maximum Gasteiger partial charge on any atom is 0.228 e. The second-order valence-electron chi connectivity index (χ2n) is 7.98. The second-order valence-corrected chi connectivity index (χ2v) is 8.37. The number of methoxy groups -OCH3 is 2. The average Bonchev–Trinajstić information content (AvgIpc) is 3.21.